The van der Waals surface area contributed by atoms with Crippen LogP contribution in [-0.2, 0) is 11.3 Å². The molecule has 0 spiro atoms. The maximum atomic E-state index is 12.7. The second-order valence-corrected chi connectivity index (χ2v) is 8.67. The first-order valence-corrected chi connectivity index (χ1v) is 12.0. The van der Waals surface area contributed by atoms with Gasteiger partial charge in [-0.05, 0) is 37.0 Å². The molecular weight excluding hydrogens is 414 g/mol. The molecule has 1 aliphatic heterocycles. The smallest absolute Gasteiger partial charge is 0.224 e. The van der Waals surface area contributed by atoms with Gasteiger partial charge in [0, 0.05) is 64.0 Å². The van der Waals surface area contributed by atoms with E-state index in [1.54, 1.807) is 7.05 Å². The Hall–Kier alpha value is -3.22. The number of nitrogens with zero attached hydrogens (tertiary/aromatic N) is 3. The van der Waals surface area contributed by atoms with Crippen molar-refractivity contribution in [1.82, 2.24) is 15.5 Å². The van der Waals surface area contributed by atoms with Crippen molar-refractivity contribution >= 4 is 17.6 Å². The molecule has 2 fully saturated rings. The summed E-state index contributed by atoms with van der Waals surface area (Å²) in [6.45, 7) is 5.23. The molecule has 7 nitrogen and oxygen atoms in total. The number of para-hydroxylation sites is 2. The van der Waals surface area contributed by atoms with Gasteiger partial charge < -0.3 is 25.2 Å². The molecule has 1 amide bonds. The molecular formula is C26H35N5O2. The lowest BCUT2D eigenvalue weighted by molar-refractivity contribution is -0.131. The maximum absolute atomic E-state index is 12.7. The van der Waals surface area contributed by atoms with Crippen molar-refractivity contribution in [3.8, 4) is 5.75 Å². The summed E-state index contributed by atoms with van der Waals surface area (Å²) in [7, 11) is 1.75. The highest BCUT2D eigenvalue weighted by molar-refractivity contribution is 5.81. The Morgan fingerprint density at radius 1 is 1.00 bits per heavy atom. The second-order valence-electron chi connectivity index (χ2n) is 8.67. The second kappa shape index (κ2) is 11.6. The molecule has 0 unspecified atom stereocenters. The lowest BCUT2D eigenvalue weighted by Gasteiger charge is -2.36. The lowest BCUT2D eigenvalue weighted by Crippen LogP contribution is -2.49. The SMILES string of the molecule is CN=C(NCCC(=O)N1CCN(c2ccccc2)CC1)NCc1ccccc1OCC1CC1. The lowest BCUT2D eigenvalue weighted by atomic mass is 10.2. The Kier molecular flexibility index (Phi) is 8.06. The van der Waals surface area contributed by atoms with E-state index < -0.39 is 0 Å². The number of carbonyl (C=O) groups excluding carboxylic acids is 1. The first-order valence-electron chi connectivity index (χ1n) is 12.0. The van der Waals surface area contributed by atoms with Gasteiger partial charge in [0.05, 0.1) is 6.61 Å². The predicted molar refractivity (Wildman–Crippen MR) is 133 cm³/mol. The predicted octanol–water partition coefficient (Wildman–Crippen LogP) is 2.88. The fraction of sp³-hybridized carbons (Fsp3) is 0.462. The van der Waals surface area contributed by atoms with E-state index >= 15 is 0 Å². The van der Waals surface area contributed by atoms with Crippen LogP contribution in [0, 0.1) is 5.92 Å². The number of hydrogen-bond donors (Lipinski definition) is 2. The average molecular weight is 450 g/mol. The van der Waals surface area contributed by atoms with Crippen molar-refractivity contribution in [3.05, 3.63) is 60.2 Å². The number of hydrogen-bond acceptors (Lipinski definition) is 4. The van der Waals surface area contributed by atoms with Gasteiger partial charge in [-0.25, -0.2) is 0 Å². The summed E-state index contributed by atoms with van der Waals surface area (Å²) in [4.78, 5) is 21.2. The Morgan fingerprint density at radius 2 is 1.73 bits per heavy atom. The zero-order chi connectivity index (χ0) is 22.9. The monoisotopic (exact) mass is 449 g/mol. The van der Waals surface area contributed by atoms with E-state index in [2.05, 4.69) is 50.9 Å². The van der Waals surface area contributed by atoms with Gasteiger partial charge >= 0.3 is 0 Å². The third kappa shape index (κ3) is 6.88. The van der Waals surface area contributed by atoms with Crippen molar-refractivity contribution in [1.29, 1.82) is 0 Å². The van der Waals surface area contributed by atoms with E-state index in [4.69, 9.17) is 4.74 Å². The van der Waals surface area contributed by atoms with E-state index in [0.717, 1.165) is 50.0 Å². The molecule has 0 radical (unpaired) electrons. The fourth-order valence-corrected chi connectivity index (χ4v) is 3.98. The highest BCUT2D eigenvalue weighted by Crippen LogP contribution is 2.30. The summed E-state index contributed by atoms with van der Waals surface area (Å²) in [5.74, 6) is 2.52. The van der Waals surface area contributed by atoms with Gasteiger partial charge in [-0.15, -0.1) is 0 Å². The third-order valence-corrected chi connectivity index (χ3v) is 6.20. The van der Waals surface area contributed by atoms with E-state index in [1.807, 2.05) is 29.2 Å². The highest BCUT2D eigenvalue weighted by atomic mass is 16.5. The minimum Gasteiger partial charge on any atom is -0.493 e. The van der Waals surface area contributed by atoms with Crippen LogP contribution in [0.1, 0.15) is 24.8 Å². The summed E-state index contributed by atoms with van der Waals surface area (Å²) in [6, 6.07) is 18.5. The van der Waals surface area contributed by atoms with Crippen LogP contribution in [0.4, 0.5) is 5.69 Å². The van der Waals surface area contributed by atoms with Crippen LogP contribution >= 0.6 is 0 Å². The van der Waals surface area contributed by atoms with Gasteiger partial charge in [-0.3, -0.25) is 9.79 Å². The fourth-order valence-electron chi connectivity index (χ4n) is 3.98. The Labute approximate surface area is 196 Å². The number of anilines is 1. The van der Waals surface area contributed by atoms with E-state index in [0.29, 0.717) is 25.5 Å². The molecule has 1 heterocycles. The number of amides is 1. The molecule has 1 aliphatic carbocycles. The van der Waals surface area contributed by atoms with Crippen LogP contribution in [0.2, 0.25) is 0 Å². The normalized spacial score (nSPS) is 16.5. The molecule has 1 saturated carbocycles. The summed E-state index contributed by atoms with van der Waals surface area (Å²) in [5, 5.41) is 6.60. The van der Waals surface area contributed by atoms with Gasteiger partial charge in [-0.1, -0.05) is 36.4 Å². The zero-order valence-electron chi connectivity index (χ0n) is 19.5. The van der Waals surface area contributed by atoms with E-state index in [-0.39, 0.29) is 5.91 Å². The number of carbonyl (C=O) groups is 1. The number of benzene rings is 2. The molecule has 33 heavy (non-hydrogen) atoms. The van der Waals surface area contributed by atoms with E-state index in [1.165, 1.54) is 18.5 Å². The quantitative estimate of drug-likeness (QED) is 0.455. The Bertz CT molecular complexity index is 921. The molecule has 4 rings (SSSR count). The van der Waals surface area contributed by atoms with Crippen LogP contribution in [0.3, 0.4) is 0 Å². The molecule has 0 bridgehead atoms. The molecule has 176 valence electrons. The van der Waals surface area contributed by atoms with Gasteiger partial charge in [0.2, 0.25) is 5.91 Å². The van der Waals surface area contributed by atoms with Crippen LogP contribution < -0.4 is 20.3 Å². The van der Waals surface area contributed by atoms with Crippen molar-refractivity contribution in [2.45, 2.75) is 25.8 Å². The van der Waals surface area contributed by atoms with Crippen LogP contribution in [-0.4, -0.2) is 63.1 Å². The van der Waals surface area contributed by atoms with Crippen molar-refractivity contribution in [3.63, 3.8) is 0 Å². The van der Waals surface area contributed by atoms with Crippen LogP contribution in [0.5, 0.6) is 5.75 Å². The largest absolute Gasteiger partial charge is 0.493 e. The number of aliphatic imine (C=N–C) groups is 1. The first-order chi connectivity index (χ1) is 16.2. The molecule has 1 saturated heterocycles. The van der Waals surface area contributed by atoms with Gasteiger partial charge in [0.15, 0.2) is 5.96 Å². The van der Waals surface area contributed by atoms with Gasteiger partial charge in [-0.2, -0.15) is 0 Å². The Balaban J connectivity index is 1.16. The standard InChI is InChI=1S/C26H35N5O2/c1-27-26(29-19-22-7-5-6-10-24(22)33-20-21-11-12-21)28-14-13-25(32)31-17-15-30(16-18-31)23-8-3-2-4-9-23/h2-10,21H,11-20H2,1H3,(H2,27,28,29). The van der Waals surface area contributed by atoms with Gasteiger partial charge in [0.1, 0.15) is 5.75 Å². The number of nitrogens with one attached hydrogen (secondary N) is 2. The number of piperazine rings is 1. The zero-order valence-corrected chi connectivity index (χ0v) is 19.5. The number of ether oxygens (including phenoxy) is 1. The molecule has 2 aromatic rings. The minimum atomic E-state index is 0.185. The average Bonchev–Trinajstić information content (AvgIpc) is 3.70. The van der Waals surface area contributed by atoms with E-state index in [9.17, 15) is 4.79 Å². The summed E-state index contributed by atoms with van der Waals surface area (Å²) in [5.41, 5.74) is 2.33. The van der Waals surface area contributed by atoms with Crippen molar-refractivity contribution in [2.75, 3.05) is 51.3 Å². The Morgan fingerprint density at radius 3 is 2.45 bits per heavy atom. The molecule has 2 N–H and O–H groups in total. The molecule has 0 atom stereocenters. The van der Waals surface area contributed by atoms with Crippen molar-refractivity contribution in [2.24, 2.45) is 10.9 Å². The molecule has 2 aromatic carbocycles. The number of rotatable bonds is 9. The van der Waals surface area contributed by atoms with Crippen LogP contribution in [0.25, 0.3) is 0 Å². The summed E-state index contributed by atoms with van der Waals surface area (Å²) >= 11 is 0. The number of guanidine groups is 1. The van der Waals surface area contributed by atoms with Crippen LogP contribution in [0.15, 0.2) is 59.6 Å². The topological polar surface area (TPSA) is 69.2 Å². The summed E-state index contributed by atoms with van der Waals surface area (Å²) in [6.07, 6.45) is 3.00. The highest BCUT2D eigenvalue weighted by Gasteiger charge is 2.22. The first kappa shape index (κ1) is 23.0. The van der Waals surface area contributed by atoms with Crippen molar-refractivity contribution < 1.29 is 9.53 Å². The maximum Gasteiger partial charge on any atom is 0.224 e. The summed E-state index contributed by atoms with van der Waals surface area (Å²) < 4.78 is 5.99. The molecule has 2 aliphatic rings. The molecule has 7 heteroatoms. The minimum absolute atomic E-state index is 0.185. The van der Waals surface area contributed by atoms with Gasteiger partial charge in [0.25, 0.3) is 0 Å². The third-order valence-electron chi connectivity index (χ3n) is 6.20. The molecule has 0 aromatic heterocycles.